The van der Waals surface area contributed by atoms with Gasteiger partial charge in [0.05, 0.1) is 0 Å². The molecular formula is C57H35N3S. The molecule has 3 nitrogen and oxygen atoms in total. The summed E-state index contributed by atoms with van der Waals surface area (Å²) < 4.78 is 2.41. The summed E-state index contributed by atoms with van der Waals surface area (Å²) in [6.07, 6.45) is 0. The van der Waals surface area contributed by atoms with E-state index in [2.05, 4.69) is 212 Å². The summed E-state index contributed by atoms with van der Waals surface area (Å²) in [5.74, 6) is 1.93. The molecule has 284 valence electrons. The summed E-state index contributed by atoms with van der Waals surface area (Å²) in [5, 5.41) is 9.48. The molecule has 0 unspecified atom stereocenters. The number of hydrogen-bond donors (Lipinski definition) is 0. The van der Waals surface area contributed by atoms with Gasteiger partial charge in [0.2, 0.25) is 0 Å². The van der Waals surface area contributed by atoms with Crippen molar-refractivity contribution >= 4 is 63.8 Å². The van der Waals surface area contributed by atoms with Crippen molar-refractivity contribution in [2.45, 2.75) is 0 Å². The first-order valence-electron chi connectivity index (χ1n) is 20.6. The zero-order chi connectivity index (χ0) is 40.3. The summed E-state index contributed by atoms with van der Waals surface area (Å²) in [6, 6.07) is 75.9. The zero-order valence-electron chi connectivity index (χ0n) is 33.0. The Hall–Kier alpha value is -7.79. The van der Waals surface area contributed by atoms with Crippen molar-refractivity contribution in [3.8, 4) is 67.5 Å². The molecule has 4 heteroatoms. The number of rotatable bonds is 6. The Morgan fingerprint density at radius 1 is 0.279 bits per heavy atom. The molecule has 0 N–H and O–H groups in total. The Morgan fingerprint density at radius 3 is 1.62 bits per heavy atom. The largest absolute Gasteiger partial charge is 0.208 e. The minimum Gasteiger partial charge on any atom is -0.208 e. The molecule has 0 aliphatic carbocycles. The van der Waals surface area contributed by atoms with Crippen LogP contribution in [-0.2, 0) is 0 Å². The Morgan fingerprint density at radius 2 is 0.820 bits per heavy atom. The number of nitrogens with zero attached hydrogens (tertiary/aromatic N) is 3. The smallest absolute Gasteiger partial charge is 0.165 e. The van der Waals surface area contributed by atoms with Gasteiger partial charge in [-0.3, -0.25) is 0 Å². The van der Waals surface area contributed by atoms with E-state index in [1.807, 2.05) is 0 Å². The average Bonchev–Trinajstić information content (AvgIpc) is 3.72. The van der Waals surface area contributed by atoms with E-state index in [9.17, 15) is 0 Å². The van der Waals surface area contributed by atoms with Crippen molar-refractivity contribution in [3.05, 3.63) is 212 Å². The van der Waals surface area contributed by atoms with E-state index in [-0.39, 0.29) is 0 Å². The first-order valence-corrected chi connectivity index (χ1v) is 21.4. The molecule has 0 bridgehead atoms. The highest BCUT2D eigenvalue weighted by molar-refractivity contribution is 7.26. The standard InChI is InChI=1S/C57H35N3S/c1-2-12-36(13-3-1)42-30-26-38-27-31-43(35-44(38)34-42)37-24-28-41(29-25-37)55-58-56(51-22-11-21-50-48-19-8-9-23-52(48)61-54(50)51)60-57(59-55)53-46-18-7-5-15-40(46)32-33-49(53)47-20-10-16-39-14-4-6-17-45(39)47/h1-35H. The van der Waals surface area contributed by atoms with Crippen LogP contribution in [0.25, 0.3) is 120 Å². The topological polar surface area (TPSA) is 38.7 Å². The molecule has 12 rings (SSSR count). The molecule has 0 saturated heterocycles. The van der Waals surface area contributed by atoms with Crippen molar-refractivity contribution in [2.24, 2.45) is 0 Å². The molecular weight excluding hydrogens is 759 g/mol. The number of aromatic nitrogens is 3. The highest BCUT2D eigenvalue weighted by Crippen LogP contribution is 2.43. The molecule has 10 aromatic carbocycles. The van der Waals surface area contributed by atoms with Crippen LogP contribution < -0.4 is 0 Å². The summed E-state index contributed by atoms with van der Waals surface area (Å²) in [7, 11) is 0. The van der Waals surface area contributed by atoms with E-state index < -0.39 is 0 Å². The molecule has 0 aliphatic rings. The van der Waals surface area contributed by atoms with Gasteiger partial charge in [-0.1, -0.05) is 188 Å². The van der Waals surface area contributed by atoms with Gasteiger partial charge in [-0.05, 0) is 90.0 Å². The van der Waals surface area contributed by atoms with Crippen LogP contribution in [0.15, 0.2) is 212 Å². The predicted molar refractivity (Wildman–Crippen MR) is 258 cm³/mol. The van der Waals surface area contributed by atoms with Crippen LogP contribution in [0.5, 0.6) is 0 Å². The molecule has 12 aromatic rings. The lowest BCUT2D eigenvalue weighted by atomic mass is 9.90. The summed E-state index contributed by atoms with van der Waals surface area (Å²) >= 11 is 1.79. The van der Waals surface area contributed by atoms with Gasteiger partial charge in [-0.15, -0.1) is 11.3 Å². The second-order valence-electron chi connectivity index (χ2n) is 15.5. The molecule has 2 aromatic heterocycles. The maximum Gasteiger partial charge on any atom is 0.165 e. The quantitative estimate of drug-likeness (QED) is 0.168. The van der Waals surface area contributed by atoms with E-state index in [0.717, 1.165) is 49.7 Å². The van der Waals surface area contributed by atoms with Crippen molar-refractivity contribution in [1.82, 2.24) is 15.0 Å². The van der Waals surface area contributed by atoms with E-state index in [1.165, 1.54) is 52.8 Å². The first kappa shape index (κ1) is 35.2. The van der Waals surface area contributed by atoms with Crippen LogP contribution >= 0.6 is 11.3 Å². The Kier molecular flexibility index (Phi) is 8.36. The summed E-state index contributed by atoms with van der Waals surface area (Å²) in [5.41, 5.74) is 9.86. The highest BCUT2D eigenvalue weighted by Gasteiger charge is 2.21. The van der Waals surface area contributed by atoms with Gasteiger partial charge < -0.3 is 0 Å². The summed E-state index contributed by atoms with van der Waals surface area (Å²) in [4.78, 5) is 16.2. The predicted octanol–water partition coefficient (Wildman–Crippen LogP) is 15.7. The molecule has 0 atom stereocenters. The lowest BCUT2D eigenvalue weighted by Gasteiger charge is -2.16. The normalized spacial score (nSPS) is 11.6. The van der Waals surface area contributed by atoms with Crippen molar-refractivity contribution in [3.63, 3.8) is 0 Å². The lowest BCUT2D eigenvalue weighted by Crippen LogP contribution is -2.02. The second-order valence-corrected chi connectivity index (χ2v) is 16.6. The van der Waals surface area contributed by atoms with E-state index in [0.29, 0.717) is 17.5 Å². The van der Waals surface area contributed by atoms with Gasteiger partial charge in [0.15, 0.2) is 17.5 Å². The van der Waals surface area contributed by atoms with Crippen molar-refractivity contribution < 1.29 is 0 Å². The third kappa shape index (κ3) is 6.16. The monoisotopic (exact) mass is 793 g/mol. The fourth-order valence-corrected chi connectivity index (χ4v) is 10.1. The molecule has 0 radical (unpaired) electrons. The van der Waals surface area contributed by atoms with Crippen molar-refractivity contribution in [1.29, 1.82) is 0 Å². The summed E-state index contributed by atoms with van der Waals surface area (Å²) in [6.45, 7) is 0. The molecule has 0 saturated carbocycles. The van der Waals surface area contributed by atoms with Crippen LogP contribution in [-0.4, -0.2) is 15.0 Å². The SMILES string of the molecule is c1ccc(-c2ccc3ccc(-c4ccc(-c5nc(-c6c(-c7cccc8ccccc78)ccc7ccccc67)nc(-c6cccc7c6sc6ccccc67)n5)cc4)cc3c2)cc1. The Bertz CT molecular complexity index is 3640. The fraction of sp³-hybridized carbons (Fsp3) is 0. The number of thiophene rings is 1. The minimum absolute atomic E-state index is 0.632. The maximum absolute atomic E-state index is 5.44. The zero-order valence-corrected chi connectivity index (χ0v) is 33.8. The van der Waals surface area contributed by atoms with Gasteiger partial charge in [-0.25, -0.2) is 15.0 Å². The third-order valence-electron chi connectivity index (χ3n) is 11.9. The molecule has 61 heavy (non-hydrogen) atoms. The number of fused-ring (bicyclic) bond motifs is 6. The van der Waals surface area contributed by atoms with Gasteiger partial charge in [0.1, 0.15) is 0 Å². The molecule has 0 amide bonds. The third-order valence-corrected chi connectivity index (χ3v) is 13.2. The van der Waals surface area contributed by atoms with Crippen LogP contribution in [0.4, 0.5) is 0 Å². The minimum atomic E-state index is 0.632. The molecule has 0 aliphatic heterocycles. The van der Waals surface area contributed by atoms with Gasteiger partial charge >= 0.3 is 0 Å². The lowest BCUT2D eigenvalue weighted by molar-refractivity contribution is 1.08. The molecule has 2 heterocycles. The van der Waals surface area contributed by atoms with Crippen LogP contribution in [0.3, 0.4) is 0 Å². The van der Waals surface area contributed by atoms with Gasteiger partial charge in [-0.2, -0.15) is 0 Å². The highest BCUT2D eigenvalue weighted by atomic mass is 32.1. The molecule has 0 fully saturated rings. The van der Waals surface area contributed by atoms with Crippen LogP contribution in [0, 0.1) is 0 Å². The molecule has 0 spiro atoms. The van der Waals surface area contributed by atoms with Crippen molar-refractivity contribution in [2.75, 3.05) is 0 Å². The second kappa shape index (κ2) is 14.5. The maximum atomic E-state index is 5.44. The van der Waals surface area contributed by atoms with E-state index >= 15 is 0 Å². The average molecular weight is 794 g/mol. The Balaban J connectivity index is 1.05. The van der Waals surface area contributed by atoms with Crippen LogP contribution in [0.2, 0.25) is 0 Å². The van der Waals surface area contributed by atoms with E-state index in [4.69, 9.17) is 15.0 Å². The van der Waals surface area contributed by atoms with Crippen LogP contribution in [0.1, 0.15) is 0 Å². The number of benzene rings is 10. The van der Waals surface area contributed by atoms with Gasteiger partial charge in [0, 0.05) is 36.9 Å². The number of hydrogen-bond acceptors (Lipinski definition) is 4. The first-order chi connectivity index (χ1) is 30.2. The Labute approximate surface area is 356 Å². The van der Waals surface area contributed by atoms with E-state index in [1.54, 1.807) is 11.3 Å². The fourth-order valence-electron chi connectivity index (χ4n) is 8.91. The van der Waals surface area contributed by atoms with Gasteiger partial charge in [0.25, 0.3) is 0 Å².